The Morgan fingerprint density at radius 3 is 0.991 bits per heavy atom. The van der Waals surface area contributed by atoms with E-state index < -0.39 is 190 Å². The minimum atomic E-state index is -5.51. The monoisotopic (exact) mass is 1740 g/mol. The lowest BCUT2D eigenvalue weighted by Gasteiger charge is -2.39. The number of hydrogen-bond donors (Lipinski definition) is 7. The average molecular weight is 1740 g/mol. The number of rotatable bonds is 55. The number of ketones is 2. The summed E-state index contributed by atoms with van der Waals surface area (Å²) in [4.78, 5) is 174. The molecule has 0 aliphatic rings. The van der Waals surface area contributed by atoms with E-state index in [0.717, 1.165) is 21.6 Å². The second-order valence-electron chi connectivity index (χ2n) is 36.0. The normalized spacial score (nSPS) is 14.5. The van der Waals surface area contributed by atoms with Crippen molar-refractivity contribution < 1.29 is 123 Å². The predicted molar refractivity (Wildman–Crippen MR) is 456 cm³/mol. The Morgan fingerprint density at radius 1 is 0.371 bits per heavy atom. The summed E-state index contributed by atoms with van der Waals surface area (Å²) in [6.07, 6.45) is 16.7. The van der Waals surface area contributed by atoms with Crippen LogP contribution in [0.3, 0.4) is 0 Å². The molecule has 682 valence electrons. The fraction of sp³-hybridized carbons (Fsp3) is 0.878. The fourth-order valence-electron chi connectivity index (χ4n) is 11.5. The average Bonchev–Trinajstić information content (AvgIpc) is 0.865. The van der Waals surface area contributed by atoms with Crippen LogP contribution in [0.2, 0.25) is 0 Å². The third-order valence-corrected chi connectivity index (χ3v) is 20.7. The number of carbonyl (C=O) groups is 10. The smallest absolute Gasteiger partial charge is 0.469 e. The van der Waals surface area contributed by atoms with Crippen LogP contribution in [0.5, 0.6) is 0 Å². The van der Waals surface area contributed by atoms with Gasteiger partial charge in [0, 0.05) is 37.2 Å². The number of unbranched alkanes of at least 4 members (excludes halogenated alkanes) is 8. The molecule has 30 nitrogen and oxygen atoms in total. The van der Waals surface area contributed by atoms with Gasteiger partial charge >= 0.3 is 43.9 Å². The number of ether oxygens (including phenoxy) is 6. The van der Waals surface area contributed by atoms with Gasteiger partial charge in [-0.05, 0) is 189 Å². The lowest BCUT2D eigenvalue weighted by Crippen LogP contribution is -2.50. The Balaban J connectivity index is -0.00000306. The number of carbonyl (C=O) groups excluding carboxylic acids is 10. The molecule has 0 aliphatic heterocycles. The highest BCUT2D eigenvalue weighted by atomic mass is 33.1. The quantitative estimate of drug-likeness (QED) is 0.00742. The van der Waals surface area contributed by atoms with Gasteiger partial charge in [0.1, 0.15) is 63.6 Å². The molecule has 116 heavy (non-hydrogen) atoms. The van der Waals surface area contributed by atoms with Gasteiger partial charge in [0.25, 0.3) is 7.82 Å². The zero-order valence-electron chi connectivity index (χ0n) is 76.0. The van der Waals surface area contributed by atoms with Gasteiger partial charge < -0.3 is 82.8 Å². The van der Waals surface area contributed by atoms with Crippen LogP contribution in [0, 0.1) is 11.8 Å². The first-order valence-electron chi connectivity index (χ1n) is 42.1. The number of esters is 4. The van der Waals surface area contributed by atoms with E-state index in [9.17, 15) is 76.6 Å². The third kappa shape index (κ3) is 63.5. The highest BCUT2D eigenvalue weighted by Gasteiger charge is 2.38. The van der Waals surface area contributed by atoms with Crippen molar-refractivity contribution in [1.82, 2.24) is 21.3 Å². The van der Waals surface area contributed by atoms with E-state index in [4.69, 9.17) is 28.4 Å². The molecule has 0 spiro atoms. The van der Waals surface area contributed by atoms with Gasteiger partial charge in [0.05, 0.1) is 77.4 Å². The van der Waals surface area contributed by atoms with E-state index in [0.29, 0.717) is 0 Å². The maximum Gasteiger partial charge on any atom is 0.469 e. The van der Waals surface area contributed by atoms with Crippen LogP contribution >= 0.6 is 37.2 Å². The number of amides is 4. The van der Waals surface area contributed by atoms with Crippen LogP contribution in [0.1, 0.15) is 321 Å². The number of quaternary nitrogens is 2. The van der Waals surface area contributed by atoms with Crippen molar-refractivity contribution in [3.8, 4) is 0 Å². The van der Waals surface area contributed by atoms with Crippen LogP contribution < -0.4 is 26.2 Å². The van der Waals surface area contributed by atoms with Gasteiger partial charge in [0.15, 0.2) is 5.78 Å². The maximum atomic E-state index is 14.0. The van der Waals surface area contributed by atoms with E-state index in [1.54, 1.807) is 83.1 Å². The molecule has 0 aromatic rings. The molecule has 0 bridgehead atoms. The number of nitrogens with one attached hydrogen (secondary N) is 4. The number of alkyl carbamates (subject to hydrolysis) is 2. The highest BCUT2D eigenvalue weighted by Crippen LogP contribution is 2.37. The SMILES string of the molecule is CC(C)(C)OC(=O)N[C@@H](CCC(=O)C[C@@H](COP(=O)([O-])O)C(=O)N[C@@H](CSSC[C@H](CC(=O)[C@H](COP(=O)(O)O)NC(=O)CC[C@H](NC(=O)OC(C)(C)C)C(=O)OC(C)(C)C)C(=O)OC(C)(C)C)C(=O)OC(C)(C)C)C(=O)OC(C)(C)C.CCCC[N+](CCCC)(CCCC)CCCC.CCCC[N+](CCCC)(CCCC)CCCC. The lowest BCUT2D eigenvalue weighted by atomic mass is 9.98. The van der Waals surface area contributed by atoms with Crippen molar-refractivity contribution in [2.24, 2.45) is 11.8 Å². The summed E-state index contributed by atoms with van der Waals surface area (Å²) >= 11 is 0. The molecule has 7 N–H and O–H groups in total. The van der Waals surface area contributed by atoms with Crippen LogP contribution in [0.25, 0.3) is 0 Å². The molecular formula is C82H159N6O24P2S2+. The summed E-state index contributed by atoms with van der Waals surface area (Å²) in [5.41, 5.74) is -6.25. The Morgan fingerprint density at radius 2 is 0.681 bits per heavy atom. The predicted octanol–water partition coefficient (Wildman–Crippen LogP) is 14.8. The second kappa shape index (κ2) is 57.8. The zero-order valence-corrected chi connectivity index (χ0v) is 79.4. The number of phosphoric ester groups is 2. The van der Waals surface area contributed by atoms with Gasteiger partial charge in [0.2, 0.25) is 11.8 Å². The topological polar surface area (TPSA) is 411 Å². The Hall–Kier alpha value is -4.46. The molecule has 0 fully saturated rings. The first-order valence-corrected chi connectivity index (χ1v) is 47.6. The van der Waals surface area contributed by atoms with Crippen molar-refractivity contribution >= 4 is 96.7 Å². The van der Waals surface area contributed by atoms with Crippen molar-refractivity contribution in [2.75, 3.05) is 77.1 Å². The van der Waals surface area contributed by atoms with Crippen LogP contribution in [0.4, 0.5) is 9.59 Å². The molecule has 0 aromatic carbocycles. The van der Waals surface area contributed by atoms with Gasteiger partial charge in [-0.2, -0.15) is 0 Å². The largest absolute Gasteiger partial charge is 0.756 e. The molecule has 0 radical (unpaired) electrons. The van der Waals surface area contributed by atoms with Gasteiger partial charge in [-0.25, -0.2) is 28.5 Å². The third-order valence-electron chi connectivity index (χ3n) is 17.2. The molecule has 0 saturated carbocycles. The Kier molecular flexibility index (Phi) is 57.6. The van der Waals surface area contributed by atoms with Crippen LogP contribution in [0.15, 0.2) is 0 Å². The lowest BCUT2D eigenvalue weighted by molar-refractivity contribution is -0.929. The molecule has 1 unspecified atom stereocenters. The van der Waals surface area contributed by atoms with Crippen molar-refractivity contribution in [2.45, 2.75) is 379 Å². The first-order chi connectivity index (χ1) is 53.2. The molecular weight excluding hydrogens is 1580 g/mol. The van der Waals surface area contributed by atoms with Crippen LogP contribution in [-0.2, 0) is 85.0 Å². The summed E-state index contributed by atoms with van der Waals surface area (Å²) in [5.74, 6) is -11.4. The fourth-order valence-corrected chi connectivity index (χ4v) is 14.7. The summed E-state index contributed by atoms with van der Waals surface area (Å²) in [6, 6.07) is -6.27. The minimum absolute atomic E-state index is 0.290. The van der Waals surface area contributed by atoms with E-state index in [2.05, 4.69) is 85.7 Å². The van der Waals surface area contributed by atoms with E-state index in [-0.39, 0.29) is 17.9 Å². The number of phosphoric acid groups is 2. The van der Waals surface area contributed by atoms with Crippen molar-refractivity contribution in [1.29, 1.82) is 0 Å². The van der Waals surface area contributed by atoms with E-state index in [1.807, 2.05) is 0 Å². The summed E-state index contributed by atoms with van der Waals surface area (Å²) < 4.78 is 67.8. The van der Waals surface area contributed by atoms with Crippen LogP contribution in [-0.4, -0.2) is 218 Å². The molecule has 0 aromatic heterocycles. The zero-order chi connectivity index (χ0) is 90.2. The van der Waals surface area contributed by atoms with Gasteiger partial charge in [-0.1, -0.05) is 128 Å². The highest BCUT2D eigenvalue weighted by molar-refractivity contribution is 8.76. The maximum absolute atomic E-state index is 14.0. The molecule has 0 rings (SSSR count). The molecule has 4 amide bonds. The Bertz CT molecular complexity index is 2700. The first kappa shape index (κ1) is 116. The standard InChI is InChI=1S/C50H88N4O24P2S2.2C16H36N/c1-45(2,3)73-39(59)30(24-36(56)34(26-72-80(68,69)70)51-37(57)22-21-33(41(61)75-47(7,8)9)54-44(64)78-50(16,17)18)27-81-82-28-35(42(62)76-48(10,11)12)52-38(58)29(25-71-79(65,66)67)23-31(55)19-20-32(40(60)74-46(4,5)6)53-43(63)77-49(13,14)15;2*1-5-9-13-17(14-10-6-2,15-11-7-3)16-12-8-4/h29-30,32-35H,19-28H2,1-18H3,(H,51,57)(H,52,58)(H,53,63)(H,54,64)(H2,65,66,67)(H2,68,69,70);2*5-16H2,1-4H3/q;2*+1/p-1/t29-,30-,32-,33-,34-,35-;;/m0../s1. The number of hydrogen-bond acceptors (Lipinski definition) is 23. The van der Waals surface area contributed by atoms with Crippen molar-refractivity contribution in [3.63, 3.8) is 0 Å². The summed E-state index contributed by atoms with van der Waals surface area (Å²) in [7, 11) is -9.06. The van der Waals surface area contributed by atoms with E-state index in [1.165, 1.54) is 206 Å². The second-order valence-corrected chi connectivity index (χ2v) is 41.0. The summed E-state index contributed by atoms with van der Waals surface area (Å²) in [5, 5.41) is 9.41. The van der Waals surface area contributed by atoms with Gasteiger partial charge in [-0.15, -0.1) is 0 Å². The number of nitrogens with zero attached hydrogens (tertiary/aromatic N) is 2. The molecule has 0 aliphatic carbocycles. The minimum Gasteiger partial charge on any atom is -0.756 e. The Labute approximate surface area is 705 Å². The molecule has 7 atom stereocenters. The van der Waals surface area contributed by atoms with Gasteiger partial charge in [-0.3, -0.25) is 33.1 Å². The van der Waals surface area contributed by atoms with Crippen molar-refractivity contribution in [3.05, 3.63) is 0 Å². The molecule has 0 heterocycles. The number of Topliss-reactive ketones (excluding diaryl/α,β-unsaturated/α-hetero) is 2. The summed E-state index contributed by atoms with van der Waals surface area (Å²) in [6.45, 7) is 55.9. The van der Waals surface area contributed by atoms with E-state index >= 15 is 0 Å². The molecule has 34 heteroatoms. The molecule has 0 saturated heterocycles.